The van der Waals surface area contributed by atoms with Crippen LogP contribution in [-0.2, 0) is 17.3 Å². The minimum atomic E-state index is -0.635. The maximum absolute atomic E-state index is 6.26. The van der Waals surface area contributed by atoms with Crippen LogP contribution in [0, 0.1) is 49.4 Å². The number of allylic oxidation sites excluding steroid dienone is 3. The molecule has 9 rings (SSSR count). The van der Waals surface area contributed by atoms with E-state index in [-0.39, 0.29) is 0 Å². The SMILES string of the molecule is C#CCC1(CC#C)c2ccccc2-c2nc3c(c(-c4ccc5c6c7c(ccc46)C=CCC7=CC5)c21)C(CC#C)(CC#C)c1ccccc1-3. The fourth-order valence-electron chi connectivity index (χ4n) is 9.46. The molecule has 48 heavy (non-hydrogen) atoms. The van der Waals surface area contributed by atoms with Crippen molar-refractivity contribution in [2.75, 3.05) is 0 Å². The molecule has 0 unspecified atom stereocenters. The maximum atomic E-state index is 6.26. The third kappa shape index (κ3) is 3.44. The monoisotopic (exact) mass is 609 g/mol. The second-order valence-corrected chi connectivity index (χ2v) is 13.5. The van der Waals surface area contributed by atoms with Gasteiger partial charge < -0.3 is 0 Å². The van der Waals surface area contributed by atoms with Crippen molar-refractivity contribution in [3.8, 4) is 83.0 Å². The summed E-state index contributed by atoms with van der Waals surface area (Å²) in [6.07, 6.45) is 35.6. The second-order valence-electron chi connectivity index (χ2n) is 13.5. The zero-order chi connectivity index (χ0) is 32.6. The van der Waals surface area contributed by atoms with Crippen molar-refractivity contribution >= 4 is 22.4 Å². The highest BCUT2D eigenvalue weighted by Crippen LogP contribution is 2.63. The van der Waals surface area contributed by atoms with Crippen molar-refractivity contribution in [1.29, 1.82) is 0 Å². The molecule has 1 heterocycles. The Labute approximate surface area is 282 Å². The van der Waals surface area contributed by atoms with Gasteiger partial charge in [0.15, 0.2) is 0 Å². The topological polar surface area (TPSA) is 12.9 Å². The van der Waals surface area contributed by atoms with Crippen LogP contribution in [0.2, 0.25) is 0 Å². The van der Waals surface area contributed by atoms with Gasteiger partial charge in [-0.1, -0.05) is 91.0 Å². The van der Waals surface area contributed by atoms with Crippen molar-refractivity contribution < 1.29 is 0 Å². The van der Waals surface area contributed by atoms with Gasteiger partial charge in [0, 0.05) is 47.6 Å². The molecule has 0 N–H and O–H groups in total. The van der Waals surface area contributed by atoms with E-state index in [0.29, 0.717) is 25.7 Å². The Morgan fingerprint density at radius 3 is 1.77 bits per heavy atom. The molecule has 0 amide bonds. The number of rotatable bonds is 5. The second kappa shape index (κ2) is 10.3. The molecule has 1 aromatic heterocycles. The summed E-state index contributed by atoms with van der Waals surface area (Å²) in [6.45, 7) is 0. The molecule has 4 aliphatic rings. The van der Waals surface area contributed by atoms with Crippen LogP contribution >= 0.6 is 0 Å². The van der Waals surface area contributed by atoms with E-state index in [0.717, 1.165) is 68.7 Å². The Kier molecular flexibility index (Phi) is 6.04. The summed E-state index contributed by atoms with van der Waals surface area (Å²) in [7, 11) is 0. The van der Waals surface area contributed by atoms with Crippen LogP contribution in [0.4, 0.5) is 0 Å². The van der Waals surface area contributed by atoms with Gasteiger partial charge >= 0.3 is 0 Å². The number of terminal acetylenes is 4. The van der Waals surface area contributed by atoms with Crippen LogP contribution < -0.4 is 0 Å². The Morgan fingerprint density at radius 2 is 1.19 bits per heavy atom. The number of nitrogens with zero attached hydrogens (tertiary/aromatic N) is 1. The molecular weight excluding hydrogens is 579 g/mol. The third-order valence-electron chi connectivity index (χ3n) is 11.3. The average Bonchev–Trinajstić information content (AvgIpc) is 3.54. The van der Waals surface area contributed by atoms with Crippen LogP contribution in [0.5, 0.6) is 0 Å². The van der Waals surface area contributed by atoms with E-state index < -0.39 is 10.8 Å². The standard InChI is InChI=1S/C47H31N/c1-5-26-46(27-6-2)37-18-11-9-16-35(37)44-42(46)41(43-45(48-44)36-17-10-12-19-38(36)47(43,28-7-3)29-8-4)34-25-23-32-21-20-30-14-13-15-31-22-24-33(34)40(32)39(30)31/h1-4,9-13,15-20,22-25H,14,21,26-29H2. The lowest BCUT2D eigenvalue weighted by Crippen LogP contribution is -2.29. The highest BCUT2D eigenvalue weighted by Gasteiger charge is 2.52. The first-order chi connectivity index (χ1) is 23.6. The van der Waals surface area contributed by atoms with Crippen molar-refractivity contribution in [1.82, 2.24) is 4.98 Å². The number of benzene rings is 4. The van der Waals surface area contributed by atoms with Crippen LogP contribution in [0.15, 0.2) is 84.9 Å². The lowest BCUT2D eigenvalue weighted by atomic mass is 9.66. The first-order valence-corrected chi connectivity index (χ1v) is 16.6. The molecule has 5 aromatic rings. The lowest BCUT2D eigenvalue weighted by Gasteiger charge is -2.35. The Hall–Kier alpha value is -5.99. The van der Waals surface area contributed by atoms with Crippen molar-refractivity contribution in [3.63, 3.8) is 0 Å². The molecule has 0 spiro atoms. The molecule has 1 nitrogen and oxygen atoms in total. The average molecular weight is 610 g/mol. The zero-order valence-corrected chi connectivity index (χ0v) is 26.7. The number of fused-ring (bicyclic) bond motifs is 6. The third-order valence-corrected chi connectivity index (χ3v) is 11.3. The Morgan fingerprint density at radius 1 is 0.604 bits per heavy atom. The summed E-state index contributed by atoms with van der Waals surface area (Å²) in [5.41, 5.74) is 14.9. The normalized spacial score (nSPS) is 16.0. The first kappa shape index (κ1) is 28.3. The predicted molar refractivity (Wildman–Crippen MR) is 199 cm³/mol. The molecule has 0 aliphatic heterocycles. The van der Waals surface area contributed by atoms with Crippen LogP contribution in [0.3, 0.4) is 0 Å². The van der Waals surface area contributed by atoms with Gasteiger partial charge in [-0.25, -0.2) is 4.98 Å². The molecule has 224 valence electrons. The van der Waals surface area contributed by atoms with Gasteiger partial charge in [-0.2, -0.15) is 0 Å². The molecule has 0 bridgehead atoms. The summed E-state index contributed by atoms with van der Waals surface area (Å²) in [6, 6.07) is 26.3. The molecule has 0 fully saturated rings. The minimum Gasteiger partial charge on any atom is -0.247 e. The Balaban J connectivity index is 1.53. The largest absolute Gasteiger partial charge is 0.247 e. The molecule has 0 atom stereocenters. The van der Waals surface area contributed by atoms with Gasteiger partial charge in [0.05, 0.1) is 11.4 Å². The Bertz CT molecular complexity index is 2360. The van der Waals surface area contributed by atoms with E-state index in [2.05, 4.69) is 115 Å². The van der Waals surface area contributed by atoms with Crippen molar-refractivity contribution in [2.24, 2.45) is 0 Å². The number of hydrogen-bond acceptors (Lipinski definition) is 1. The smallest absolute Gasteiger partial charge is 0.0760 e. The number of hydrogen-bond donors (Lipinski definition) is 0. The summed E-state index contributed by atoms with van der Waals surface area (Å²) in [5, 5.41) is 2.55. The van der Waals surface area contributed by atoms with E-state index in [9.17, 15) is 0 Å². The van der Waals surface area contributed by atoms with Gasteiger partial charge in [-0.05, 0) is 79.3 Å². The first-order valence-electron chi connectivity index (χ1n) is 16.6. The van der Waals surface area contributed by atoms with E-state index >= 15 is 0 Å². The molecule has 4 aliphatic carbocycles. The maximum Gasteiger partial charge on any atom is 0.0760 e. The summed E-state index contributed by atoms with van der Waals surface area (Å²) >= 11 is 0. The van der Waals surface area contributed by atoms with Crippen LogP contribution in [-0.4, -0.2) is 4.98 Å². The van der Waals surface area contributed by atoms with Crippen molar-refractivity contribution in [2.45, 2.75) is 49.4 Å². The minimum absolute atomic E-state index is 0.446. The summed E-state index contributed by atoms with van der Waals surface area (Å²) < 4.78 is 0. The molecule has 1 heteroatoms. The van der Waals surface area contributed by atoms with E-state index in [4.69, 9.17) is 30.7 Å². The van der Waals surface area contributed by atoms with Gasteiger partial charge in [-0.3, -0.25) is 0 Å². The summed E-state index contributed by atoms with van der Waals surface area (Å²) in [5.74, 6) is 12.2. The molecule has 0 saturated heterocycles. The number of pyridine rings is 1. The van der Waals surface area contributed by atoms with Crippen LogP contribution in [0.25, 0.3) is 56.1 Å². The van der Waals surface area contributed by atoms with Gasteiger partial charge in [-0.15, -0.1) is 49.4 Å². The quantitative estimate of drug-likeness (QED) is 0.181. The van der Waals surface area contributed by atoms with Gasteiger partial charge in [0.1, 0.15) is 0 Å². The predicted octanol–water partition coefficient (Wildman–Crippen LogP) is 9.88. The summed E-state index contributed by atoms with van der Waals surface area (Å²) in [4.78, 5) is 5.62. The zero-order valence-electron chi connectivity index (χ0n) is 26.7. The lowest BCUT2D eigenvalue weighted by molar-refractivity contribution is 0.544. The van der Waals surface area contributed by atoms with E-state index in [1.807, 2.05) is 0 Å². The highest BCUT2D eigenvalue weighted by atomic mass is 14.8. The van der Waals surface area contributed by atoms with Gasteiger partial charge in [0.2, 0.25) is 0 Å². The molecule has 0 saturated carbocycles. The molecular formula is C47H31N. The molecule has 0 radical (unpaired) electrons. The van der Waals surface area contributed by atoms with Crippen LogP contribution in [0.1, 0.15) is 71.0 Å². The van der Waals surface area contributed by atoms with E-state index in [1.165, 1.54) is 33.0 Å². The fraction of sp³-hybridized carbons (Fsp3) is 0.170. The highest BCUT2D eigenvalue weighted by molar-refractivity contribution is 6.10. The van der Waals surface area contributed by atoms with Crippen molar-refractivity contribution in [3.05, 3.63) is 124 Å². The fourth-order valence-corrected chi connectivity index (χ4v) is 9.46. The van der Waals surface area contributed by atoms with Gasteiger partial charge in [0.25, 0.3) is 0 Å². The number of aromatic nitrogens is 1. The molecule has 4 aromatic carbocycles. The van der Waals surface area contributed by atoms with E-state index in [1.54, 1.807) is 0 Å².